The van der Waals surface area contributed by atoms with Crippen LogP contribution in [0.15, 0.2) is 24.3 Å². The van der Waals surface area contributed by atoms with Gasteiger partial charge in [0.15, 0.2) is 0 Å². The second-order valence-corrected chi connectivity index (χ2v) is 7.96. The van der Waals surface area contributed by atoms with E-state index >= 15 is 0 Å². The Kier molecular flexibility index (Phi) is 5.25. The van der Waals surface area contributed by atoms with E-state index in [1.165, 1.54) is 22.9 Å². The van der Waals surface area contributed by atoms with Gasteiger partial charge in [-0.3, -0.25) is 4.55 Å². The SMILES string of the molecule is CC(C)(C)c1ccc(CSCCS(=O)(=O)O)cc1. The van der Waals surface area contributed by atoms with Crippen LogP contribution in [-0.2, 0) is 21.3 Å². The summed E-state index contributed by atoms with van der Waals surface area (Å²) in [6.45, 7) is 6.51. The van der Waals surface area contributed by atoms with Crippen molar-refractivity contribution in [3.05, 3.63) is 35.4 Å². The van der Waals surface area contributed by atoms with Gasteiger partial charge in [-0.25, -0.2) is 0 Å². The van der Waals surface area contributed by atoms with E-state index in [1.54, 1.807) is 0 Å². The minimum atomic E-state index is -3.83. The number of benzene rings is 1. The van der Waals surface area contributed by atoms with Crippen molar-refractivity contribution in [1.82, 2.24) is 0 Å². The van der Waals surface area contributed by atoms with E-state index in [0.29, 0.717) is 5.75 Å². The van der Waals surface area contributed by atoms with Crippen molar-refractivity contribution in [3.63, 3.8) is 0 Å². The Morgan fingerprint density at radius 2 is 1.72 bits per heavy atom. The summed E-state index contributed by atoms with van der Waals surface area (Å²) in [7, 11) is -3.83. The van der Waals surface area contributed by atoms with Crippen molar-refractivity contribution < 1.29 is 13.0 Å². The van der Waals surface area contributed by atoms with Gasteiger partial charge in [-0.15, -0.1) is 0 Å². The fraction of sp³-hybridized carbons (Fsp3) is 0.538. The van der Waals surface area contributed by atoms with Crippen LogP contribution in [0.1, 0.15) is 31.9 Å². The Bertz CT molecular complexity index is 470. The highest BCUT2D eigenvalue weighted by Gasteiger charge is 2.12. The zero-order chi connectivity index (χ0) is 13.8. The number of thioether (sulfide) groups is 1. The summed E-state index contributed by atoms with van der Waals surface area (Å²) in [4.78, 5) is 0. The van der Waals surface area contributed by atoms with E-state index < -0.39 is 10.1 Å². The molecule has 0 aliphatic heterocycles. The Labute approximate surface area is 114 Å². The number of rotatable bonds is 5. The molecule has 1 rings (SSSR count). The molecule has 0 bridgehead atoms. The van der Waals surface area contributed by atoms with Gasteiger partial charge >= 0.3 is 0 Å². The Hall–Kier alpha value is -0.520. The molecule has 0 spiro atoms. The summed E-state index contributed by atoms with van der Waals surface area (Å²) in [6, 6.07) is 8.36. The summed E-state index contributed by atoms with van der Waals surface area (Å²) >= 11 is 1.51. The topological polar surface area (TPSA) is 54.4 Å². The minimum Gasteiger partial charge on any atom is -0.286 e. The van der Waals surface area contributed by atoms with Crippen LogP contribution in [0.5, 0.6) is 0 Å². The quantitative estimate of drug-likeness (QED) is 0.668. The molecule has 1 aromatic carbocycles. The molecule has 18 heavy (non-hydrogen) atoms. The van der Waals surface area contributed by atoms with Crippen molar-refractivity contribution >= 4 is 21.9 Å². The van der Waals surface area contributed by atoms with Crippen LogP contribution in [0.25, 0.3) is 0 Å². The van der Waals surface area contributed by atoms with Gasteiger partial charge in [0.2, 0.25) is 0 Å². The van der Waals surface area contributed by atoms with Crippen LogP contribution < -0.4 is 0 Å². The van der Waals surface area contributed by atoms with Gasteiger partial charge in [0.25, 0.3) is 10.1 Å². The van der Waals surface area contributed by atoms with Gasteiger partial charge in [0, 0.05) is 11.5 Å². The zero-order valence-electron chi connectivity index (χ0n) is 11.0. The van der Waals surface area contributed by atoms with Gasteiger partial charge in [0.05, 0.1) is 5.75 Å². The summed E-state index contributed by atoms with van der Waals surface area (Å²) in [6.07, 6.45) is 0. The molecule has 0 aliphatic rings. The van der Waals surface area contributed by atoms with Crippen LogP contribution in [0.3, 0.4) is 0 Å². The second-order valence-electron chi connectivity index (χ2n) is 5.29. The van der Waals surface area contributed by atoms with Crippen LogP contribution >= 0.6 is 11.8 Å². The molecule has 1 aromatic rings. The van der Waals surface area contributed by atoms with Crippen molar-refractivity contribution in [2.45, 2.75) is 31.9 Å². The monoisotopic (exact) mass is 288 g/mol. The van der Waals surface area contributed by atoms with E-state index in [0.717, 1.165) is 5.75 Å². The summed E-state index contributed by atoms with van der Waals surface area (Å²) in [5, 5.41) is 0. The molecule has 0 atom stereocenters. The maximum absolute atomic E-state index is 10.5. The Morgan fingerprint density at radius 3 is 2.17 bits per heavy atom. The largest absolute Gasteiger partial charge is 0.286 e. The summed E-state index contributed by atoms with van der Waals surface area (Å²) < 4.78 is 29.7. The molecule has 0 radical (unpaired) electrons. The molecule has 1 N–H and O–H groups in total. The molecule has 0 unspecified atom stereocenters. The van der Waals surface area contributed by atoms with Gasteiger partial charge in [0.1, 0.15) is 0 Å². The summed E-state index contributed by atoms with van der Waals surface area (Å²) in [5.74, 6) is 0.998. The molecule has 0 aliphatic carbocycles. The standard InChI is InChI=1S/C13H20O3S2/c1-13(2,3)12-6-4-11(5-7-12)10-17-8-9-18(14,15)16/h4-7H,8-10H2,1-3H3,(H,14,15,16). The molecule has 0 aromatic heterocycles. The first kappa shape index (κ1) is 15.5. The Balaban J connectivity index is 2.45. The van der Waals surface area contributed by atoms with Gasteiger partial charge in [-0.05, 0) is 16.5 Å². The lowest BCUT2D eigenvalue weighted by Crippen LogP contribution is -2.10. The molecular formula is C13H20O3S2. The molecule has 0 amide bonds. The fourth-order valence-electron chi connectivity index (χ4n) is 1.46. The maximum atomic E-state index is 10.5. The van der Waals surface area contributed by atoms with Crippen LogP contribution in [-0.4, -0.2) is 24.5 Å². The van der Waals surface area contributed by atoms with E-state index in [9.17, 15) is 8.42 Å². The molecule has 0 heterocycles. The van der Waals surface area contributed by atoms with E-state index in [2.05, 4.69) is 45.0 Å². The lowest BCUT2D eigenvalue weighted by molar-refractivity contribution is 0.485. The van der Waals surface area contributed by atoms with Crippen LogP contribution in [0.2, 0.25) is 0 Å². The first-order chi connectivity index (χ1) is 8.18. The van der Waals surface area contributed by atoms with Crippen molar-refractivity contribution in [2.24, 2.45) is 0 Å². The third kappa shape index (κ3) is 5.89. The molecule has 102 valence electrons. The van der Waals surface area contributed by atoms with Crippen molar-refractivity contribution in [3.8, 4) is 0 Å². The molecule has 0 saturated heterocycles. The molecular weight excluding hydrogens is 268 g/mol. The highest BCUT2D eigenvalue weighted by molar-refractivity contribution is 7.99. The second kappa shape index (κ2) is 6.08. The first-order valence-corrected chi connectivity index (χ1v) is 8.57. The van der Waals surface area contributed by atoms with Crippen LogP contribution in [0.4, 0.5) is 0 Å². The predicted molar refractivity (Wildman–Crippen MR) is 77.7 cm³/mol. The highest BCUT2D eigenvalue weighted by atomic mass is 32.2. The molecule has 3 nitrogen and oxygen atoms in total. The third-order valence-corrected chi connectivity index (χ3v) is 4.58. The van der Waals surface area contributed by atoms with Crippen molar-refractivity contribution in [1.29, 1.82) is 0 Å². The maximum Gasteiger partial charge on any atom is 0.265 e. The zero-order valence-corrected chi connectivity index (χ0v) is 12.6. The van der Waals surface area contributed by atoms with E-state index in [-0.39, 0.29) is 11.2 Å². The predicted octanol–water partition coefficient (Wildman–Crippen LogP) is 3.11. The lowest BCUT2D eigenvalue weighted by Gasteiger charge is -2.19. The first-order valence-electron chi connectivity index (χ1n) is 5.81. The van der Waals surface area contributed by atoms with E-state index in [4.69, 9.17) is 4.55 Å². The van der Waals surface area contributed by atoms with Gasteiger partial charge in [-0.1, -0.05) is 45.0 Å². The van der Waals surface area contributed by atoms with Gasteiger partial charge in [-0.2, -0.15) is 20.2 Å². The highest BCUT2D eigenvalue weighted by Crippen LogP contribution is 2.23. The Morgan fingerprint density at radius 1 is 1.17 bits per heavy atom. The number of hydrogen-bond acceptors (Lipinski definition) is 3. The smallest absolute Gasteiger partial charge is 0.265 e. The lowest BCUT2D eigenvalue weighted by atomic mass is 9.87. The van der Waals surface area contributed by atoms with Crippen LogP contribution in [0, 0.1) is 0 Å². The molecule has 0 fully saturated rings. The normalized spacial score (nSPS) is 12.7. The summed E-state index contributed by atoms with van der Waals surface area (Å²) in [5.41, 5.74) is 2.61. The minimum absolute atomic E-state index is 0.149. The number of hydrogen-bond donors (Lipinski definition) is 1. The van der Waals surface area contributed by atoms with E-state index in [1.807, 2.05) is 0 Å². The fourth-order valence-corrected chi connectivity index (χ4v) is 3.34. The van der Waals surface area contributed by atoms with Crippen molar-refractivity contribution in [2.75, 3.05) is 11.5 Å². The average molecular weight is 288 g/mol. The van der Waals surface area contributed by atoms with Gasteiger partial charge < -0.3 is 0 Å². The third-order valence-electron chi connectivity index (χ3n) is 2.57. The molecule has 0 saturated carbocycles. The average Bonchev–Trinajstić information content (AvgIpc) is 2.22. The molecule has 5 heteroatoms.